The Hall–Kier alpha value is -1.76. The average molecular weight is 558 g/mol. The number of halogens is 1. The molecule has 1 aliphatic heterocycles. The van der Waals surface area contributed by atoms with Crippen LogP contribution in [0, 0.1) is 5.92 Å². The molecule has 1 aromatic carbocycles. The molecule has 3 heterocycles. The highest BCUT2D eigenvalue weighted by atomic mass is 35.5. The van der Waals surface area contributed by atoms with Gasteiger partial charge in [0.2, 0.25) is 0 Å². The van der Waals surface area contributed by atoms with Crippen LogP contribution in [0.3, 0.4) is 0 Å². The maximum atomic E-state index is 13.1. The summed E-state index contributed by atoms with van der Waals surface area (Å²) in [6.07, 6.45) is 0.859. The number of rotatable bonds is 9. The maximum Gasteiger partial charge on any atom is 0.252 e. The number of nitrogens with zero attached hydrogens (tertiary/aromatic N) is 3. The molecule has 12 heteroatoms. The van der Waals surface area contributed by atoms with E-state index >= 15 is 0 Å². The van der Waals surface area contributed by atoms with E-state index in [-0.39, 0.29) is 29.1 Å². The third-order valence-electron chi connectivity index (χ3n) is 5.78. The zero-order chi connectivity index (χ0) is 25.0. The fourth-order valence-corrected chi connectivity index (χ4v) is 8.20. The number of fused-ring (bicyclic) bond motifs is 1. The highest BCUT2D eigenvalue weighted by Gasteiger charge is 2.33. The number of piperidine rings is 1. The Morgan fingerprint density at radius 1 is 1.14 bits per heavy atom. The van der Waals surface area contributed by atoms with E-state index in [9.17, 15) is 13.2 Å². The first kappa shape index (κ1) is 26.3. The van der Waals surface area contributed by atoms with Crippen molar-refractivity contribution >= 4 is 60.4 Å². The minimum Gasteiger partial charge on any atom is -0.494 e. The zero-order valence-electron chi connectivity index (χ0n) is 19.6. The second-order valence-electron chi connectivity index (χ2n) is 7.98. The predicted octanol–water partition coefficient (Wildman–Crippen LogP) is 4.38. The molecule has 8 nitrogen and oxygen atoms in total. The van der Waals surface area contributed by atoms with Gasteiger partial charge in [-0.1, -0.05) is 22.9 Å². The van der Waals surface area contributed by atoms with E-state index in [1.54, 1.807) is 6.07 Å². The van der Waals surface area contributed by atoms with Gasteiger partial charge in [-0.2, -0.15) is 9.30 Å². The van der Waals surface area contributed by atoms with Gasteiger partial charge >= 0.3 is 0 Å². The van der Waals surface area contributed by atoms with E-state index in [0.29, 0.717) is 48.3 Å². The van der Waals surface area contributed by atoms with Crippen LogP contribution in [0.15, 0.2) is 39.5 Å². The molecule has 190 valence electrons. The second-order valence-corrected chi connectivity index (χ2v) is 12.9. The molecule has 1 aliphatic rings. The van der Waals surface area contributed by atoms with Crippen molar-refractivity contribution in [2.45, 2.75) is 37.4 Å². The molecule has 0 N–H and O–H groups in total. The van der Waals surface area contributed by atoms with E-state index in [1.807, 2.05) is 36.6 Å². The molecule has 0 spiro atoms. The van der Waals surface area contributed by atoms with Gasteiger partial charge in [0.05, 0.1) is 27.8 Å². The molecule has 0 aliphatic carbocycles. The van der Waals surface area contributed by atoms with Crippen LogP contribution in [-0.4, -0.2) is 56.1 Å². The Morgan fingerprint density at radius 3 is 2.57 bits per heavy atom. The van der Waals surface area contributed by atoms with Crippen molar-refractivity contribution in [3.63, 3.8) is 0 Å². The van der Waals surface area contributed by atoms with Crippen LogP contribution in [0.2, 0.25) is 4.34 Å². The maximum absolute atomic E-state index is 13.1. The number of thiazole rings is 1. The van der Waals surface area contributed by atoms with Gasteiger partial charge in [-0.15, -0.1) is 11.3 Å². The Bertz CT molecular complexity index is 1350. The molecule has 4 rings (SSSR count). The number of ether oxygens (including phenoxy) is 2. The van der Waals surface area contributed by atoms with Gasteiger partial charge < -0.3 is 14.0 Å². The lowest BCUT2D eigenvalue weighted by Crippen LogP contribution is -2.40. The normalized spacial score (nSPS) is 16.3. The monoisotopic (exact) mass is 557 g/mol. The molecule has 0 radical (unpaired) electrons. The summed E-state index contributed by atoms with van der Waals surface area (Å²) < 4.78 is 41.9. The van der Waals surface area contributed by atoms with Gasteiger partial charge in [0.1, 0.15) is 9.96 Å². The van der Waals surface area contributed by atoms with Gasteiger partial charge in [-0.25, -0.2) is 8.42 Å². The topological polar surface area (TPSA) is 90.2 Å². The number of amides is 1. The Morgan fingerprint density at radius 2 is 1.91 bits per heavy atom. The van der Waals surface area contributed by atoms with Crippen molar-refractivity contribution in [1.82, 2.24) is 8.87 Å². The lowest BCUT2D eigenvalue weighted by atomic mass is 9.98. The molecular weight excluding hydrogens is 530 g/mol. The van der Waals surface area contributed by atoms with E-state index in [4.69, 9.17) is 21.1 Å². The molecule has 0 unspecified atom stereocenters. The third-order valence-corrected chi connectivity index (χ3v) is 10.4. The molecule has 0 atom stereocenters. The third kappa shape index (κ3) is 5.98. The van der Waals surface area contributed by atoms with Crippen LogP contribution in [-0.2, 0) is 26.1 Å². The van der Waals surface area contributed by atoms with Crippen LogP contribution < -0.4 is 9.54 Å². The number of benzene rings is 1. The van der Waals surface area contributed by atoms with Crippen molar-refractivity contribution in [2.24, 2.45) is 10.9 Å². The van der Waals surface area contributed by atoms with Crippen molar-refractivity contribution < 1.29 is 22.7 Å². The minimum absolute atomic E-state index is 0.219. The minimum atomic E-state index is -3.60. The SMILES string of the molecule is CCOCCn1c(=NC(=O)C2CCN(S(=O)(=O)c3ccc(Cl)s3)CC2)sc2cc(OCC)ccc21. The summed E-state index contributed by atoms with van der Waals surface area (Å²) >= 11 is 8.40. The first-order valence-electron chi connectivity index (χ1n) is 11.5. The second kappa shape index (κ2) is 11.5. The van der Waals surface area contributed by atoms with E-state index < -0.39 is 10.0 Å². The van der Waals surface area contributed by atoms with Crippen molar-refractivity contribution in [2.75, 3.05) is 32.9 Å². The van der Waals surface area contributed by atoms with Crippen LogP contribution >= 0.6 is 34.3 Å². The lowest BCUT2D eigenvalue weighted by Gasteiger charge is -2.29. The largest absolute Gasteiger partial charge is 0.494 e. The van der Waals surface area contributed by atoms with Crippen molar-refractivity contribution in [3.8, 4) is 5.75 Å². The zero-order valence-corrected chi connectivity index (χ0v) is 22.8. The van der Waals surface area contributed by atoms with E-state index in [0.717, 1.165) is 27.3 Å². The summed E-state index contributed by atoms with van der Waals surface area (Å²) in [6.45, 7) is 6.71. The summed E-state index contributed by atoms with van der Waals surface area (Å²) in [4.78, 5) is 18.2. The van der Waals surface area contributed by atoms with Crippen LogP contribution in [0.25, 0.3) is 10.2 Å². The van der Waals surface area contributed by atoms with Gasteiger partial charge in [0.15, 0.2) is 4.80 Å². The fraction of sp³-hybridized carbons (Fsp3) is 0.478. The van der Waals surface area contributed by atoms with Crippen molar-refractivity contribution in [1.29, 1.82) is 0 Å². The Balaban J connectivity index is 1.53. The lowest BCUT2D eigenvalue weighted by molar-refractivity contribution is -0.122. The van der Waals surface area contributed by atoms with E-state index in [1.165, 1.54) is 21.7 Å². The summed E-state index contributed by atoms with van der Waals surface area (Å²) in [7, 11) is -3.60. The standard InChI is InChI=1S/C23H28ClN3O5S3/c1-3-31-14-13-27-18-6-5-17(32-4-2)15-19(18)33-23(27)25-22(28)16-9-11-26(12-10-16)35(29,30)21-8-7-20(24)34-21/h5-8,15-16H,3-4,9-14H2,1-2H3. The number of hydrogen-bond acceptors (Lipinski definition) is 7. The van der Waals surface area contributed by atoms with Gasteiger partial charge in [0, 0.05) is 32.2 Å². The van der Waals surface area contributed by atoms with Crippen molar-refractivity contribution in [3.05, 3.63) is 39.5 Å². The highest BCUT2D eigenvalue weighted by Crippen LogP contribution is 2.31. The Labute approximate surface area is 217 Å². The quantitative estimate of drug-likeness (QED) is 0.364. The number of sulfonamides is 1. The van der Waals surface area contributed by atoms with Gasteiger partial charge in [0.25, 0.3) is 15.9 Å². The summed E-state index contributed by atoms with van der Waals surface area (Å²) in [5.74, 6) is 0.234. The molecule has 1 amide bonds. The fourth-order valence-electron chi connectivity index (χ4n) is 4.00. The summed E-state index contributed by atoms with van der Waals surface area (Å²) in [5.41, 5.74) is 0.972. The van der Waals surface area contributed by atoms with Crippen LogP contribution in [0.5, 0.6) is 5.75 Å². The molecule has 35 heavy (non-hydrogen) atoms. The summed E-state index contributed by atoms with van der Waals surface area (Å²) in [5, 5.41) is 0. The number of carbonyl (C=O) groups is 1. The van der Waals surface area contributed by atoms with Gasteiger partial charge in [-0.3, -0.25) is 4.79 Å². The molecule has 3 aromatic rings. The number of carbonyl (C=O) groups excluding carboxylic acids is 1. The first-order chi connectivity index (χ1) is 16.8. The molecule has 1 saturated heterocycles. The molecular formula is C23H28ClN3O5S3. The smallest absolute Gasteiger partial charge is 0.252 e. The first-order valence-corrected chi connectivity index (χ1v) is 15.0. The highest BCUT2D eigenvalue weighted by molar-refractivity contribution is 7.91. The summed E-state index contributed by atoms with van der Waals surface area (Å²) in [6, 6.07) is 8.96. The number of aromatic nitrogens is 1. The average Bonchev–Trinajstić information content (AvgIpc) is 3.43. The molecule has 2 aromatic heterocycles. The number of hydrogen-bond donors (Lipinski definition) is 0. The number of thiophene rings is 1. The van der Waals surface area contributed by atoms with Crippen LogP contribution in [0.1, 0.15) is 26.7 Å². The van der Waals surface area contributed by atoms with Gasteiger partial charge in [-0.05, 0) is 57.0 Å². The molecule has 0 bridgehead atoms. The van der Waals surface area contributed by atoms with Crippen LogP contribution in [0.4, 0.5) is 0 Å². The van der Waals surface area contributed by atoms with E-state index in [2.05, 4.69) is 4.99 Å². The molecule has 1 fully saturated rings. The Kier molecular flexibility index (Phi) is 8.67. The predicted molar refractivity (Wildman–Crippen MR) is 139 cm³/mol. The molecule has 0 saturated carbocycles.